The lowest BCUT2D eigenvalue weighted by Gasteiger charge is -2.10. The number of aromatic nitrogens is 3. The van der Waals surface area contributed by atoms with Gasteiger partial charge in [-0.1, -0.05) is 0 Å². The summed E-state index contributed by atoms with van der Waals surface area (Å²) >= 11 is 0. The number of aliphatic hydroxyl groups excluding tert-OH is 1. The van der Waals surface area contributed by atoms with Crippen LogP contribution in [0.15, 0.2) is 43.2 Å². The van der Waals surface area contributed by atoms with Crippen LogP contribution in [0.4, 0.5) is 0 Å². The molecule has 72 valence electrons. The van der Waals surface area contributed by atoms with Crippen LogP contribution in [0.5, 0.6) is 0 Å². The van der Waals surface area contributed by atoms with Gasteiger partial charge in [0.1, 0.15) is 0 Å². The molecule has 0 amide bonds. The number of hydrogen-bond donors (Lipinski definition) is 1. The first kappa shape index (κ1) is 8.90. The molecule has 14 heavy (non-hydrogen) atoms. The predicted molar refractivity (Wildman–Crippen MR) is 51.4 cm³/mol. The lowest BCUT2D eigenvalue weighted by molar-refractivity contribution is 0.156. The third-order valence-corrected chi connectivity index (χ3v) is 2.03. The van der Waals surface area contributed by atoms with Crippen LogP contribution in [0.1, 0.15) is 11.7 Å². The molecule has 0 spiro atoms. The maximum atomic E-state index is 9.82. The fourth-order valence-corrected chi connectivity index (χ4v) is 1.29. The zero-order valence-corrected chi connectivity index (χ0v) is 7.61. The molecule has 0 fully saturated rings. The van der Waals surface area contributed by atoms with Gasteiger partial charge in [0.25, 0.3) is 0 Å². The molecule has 0 radical (unpaired) electrons. The van der Waals surface area contributed by atoms with Crippen molar-refractivity contribution < 1.29 is 5.11 Å². The molecule has 0 saturated carbocycles. The van der Waals surface area contributed by atoms with Crippen LogP contribution in [0.25, 0.3) is 0 Å². The number of nitrogens with zero attached hydrogens (tertiary/aromatic N) is 3. The molecular weight excluding hydrogens is 178 g/mol. The molecule has 0 aromatic carbocycles. The minimum Gasteiger partial charge on any atom is -0.387 e. The molecule has 4 nitrogen and oxygen atoms in total. The molecule has 1 atom stereocenters. The monoisotopic (exact) mass is 189 g/mol. The Bertz CT molecular complexity index is 372. The second-order valence-corrected chi connectivity index (χ2v) is 3.06. The molecule has 0 saturated heterocycles. The fourth-order valence-electron chi connectivity index (χ4n) is 1.29. The molecule has 2 rings (SSSR count). The molecule has 0 aliphatic carbocycles. The van der Waals surface area contributed by atoms with E-state index in [-0.39, 0.29) is 0 Å². The fraction of sp³-hybridized carbons (Fsp3) is 0.200. The van der Waals surface area contributed by atoms with Crippen molar-refractivity contribution in [2.24, 2.45) is 0 Å². The standard InChI is InChI=1S/C10H11N3O/c14-10(7-13-6-5-12-8-13)9-1-3-11-4-2-9/h1-6,8,10,14H,7H2. The number of aliphatic hydroxyl groups is 1. The molecule has 1 N–H and O–H groups in total. The minimum atomic E-state index is -0.507. The van der Waals surface area contributed by atoms with Gasteiger partial charge >= 0.3 is 0 Å². The summed E-state index contributed by atoms with van der Waals surface area (Å²) in [6, 6.07) is 3.61. The first-order valence-electron chi connectivity index (χ1n) is 4.40. The molecule has 2 heterocycles. The van der Waals surface area contributed by atoms with Gasteiger partial charge in [-0.3, -0.25) is 4.98 Å². The third kappa shape index (κ3) is 1.97. The molecular formula is C10H11N3O. The summed E-state index contributed by atoms with van der Waals surface area (Å²) in [6.45, 7) is 0.518. The van der Waals surface area contributed by atoms with Crippen molar-refractivity contribution >= 4 is 0 Å². The van der Waals surface area contributed by atoms with Crippen LogP contribution in [-0.4, -0.2) is 19.6 Å². The lowest BCUT2D eigenvalue weighted by Crippen LogP contribution is -2.06. The van der Waals surface area contributed by atoms with E-state index in [0.29, 0.717) is 6.54 Å². The highest BCUT2D eigenvalue weighted by atomic mass is 16.3. The van der Waals surface area contributed by atoms with Gasteiger partial charge in [-0.15, -0.1) is 0 Å². The van der Waals surface area contributed by atoms with Crippen molar-refractivity contribution in [3.63, 3.8) is 0 Å². The van der Waals surface area contributed by atoms with E-state index in [9.17, 15) is 5.11 Å². The normalized spacial score (nSPS) is 12.6. The largest absolute Gasteiger partial charge is 0.387 e. The molecule has 4 heteroatoms. The smallest absolute Gasteiger partial charge is 0.0970 e. The van der Waals surface area contributed by atoms with E-state index >= 15 is 0 Å². The van der Waals surface area contributed by atoms with E-state index in [1.54, 1.807) is 24.9 Å². The Labute approximate surface area is 81.9 Å². The second kappa shape index (κ2) is 4.02. The van der Waals surface area contributed by atoms with Crippen molar-refractivity contribution in [3.8, 4) is 0 Å². The Morgan fingerprint density at radius 3 is 2.64 bits per heavy atom. The third-order valence-electron chi connectivity index (χ3n) is 2.03. The summed E-state index contributed by atoms with van der Waals surface area (Å²) in [5.74, 6) is 0. The van der Waals surface area contributed by atoms with Crippen LogP contribution in [0.2, 0.25) is 0 Å². The Morgan fingerprint density at radius 2 is 2.00 bits per heavy atom. The Kier molecular flexibility index (Phi) is 2.55. The lowest BCUT2D eigenvalue weighted by atomic mass is 10.1. The number of rotatable bonds is 3. The van der Waals surface area contributed by atoms with Gasteiger partial charge in [-0.05, 0) is 17.7 Å². The molecule has 0 aliphatic heterocycles. The average molecular weight is 189 g/mol. The molecule has 0 bridgehead atoms. The van der Waals surface area contributed by atoms with E-state index in [2.05, 4.69) is 9.97 Å². The van der Waals surface area contributed by atoms with Crippen molar-refractivity contribution in [1.82, 2.24) is 14.5 Å². The topological polar surface area (TPSA) is 50.9 Å². The van der Waals surface area contributed by atoms with Gasteiger partial charge in [-0.2, -0.15) is 0 Å². The van der Waals surface area contributed by atoms with E-state index in [4.69, 9.17) is 0 Å². The summed E-state index contributed by atoms with van der Waals surface area (Å²) in [5, 5.41) is 9.82. The van der Waals surface area contributed by atoms with Crippen LogP contribution in [-0.2, 0) is 6.54 Å². The SMILES string of the molecule is OC(Cn1ccnc1)c1ccncc1. The van der Waals surface area contributed by atoms with Gasteiger partial charge in [0.05, 0.1) is 19.0 Å². The van der Waals surface area contributed by atoms with E-state index in [0.717, 1.165) is 5.56 Å². The van der Waals surface area contributed by atoms with Gasteiger partial charge < -0.3 is 9.67 Å². The van der Waals surface area contributed by atoms with Gasteiger partial charge in [0.15, 0.2) is 0 Å². The van der Waals surface area contributed by atoms with E-state index < -0.39 is 6.10 Å². The second-order valence-electron chi connectivity index (χ2n) is 3.06. The quantitative estimate of drug-likeness (QED) is 0.784. The van der Waals surface area contributed by atoms with E-state index in [1.807, 2.05) is 22.9 Å². The summed E-state index contributed by atoms with van der Waals surface area (Å²) in [5.41, 5.74) is 0.869. The Hall–Kier alpha value is -1.68. The van der Waals surface area contributed by atoms with Crippen molar-refractivity contribution in [2.75, 3.05) is 0 Å². The number of imidazole rings is 1. The number of hydrogen-bond acceptors (Lipinski definition) is 3. The average Bonchev–Trinajstić information content (AvgIpc) is 2.72. The summed E-state index contributed by atoms with van der Waals surface area (Å²) in [7, 11) is 0. The number of pyridine rings is 1. The Balaban J connectivity index is 2.07. The summed E-state index contributed by atoms with van der Waals surface area (Å²) in [4.78, 5) is 7.80. The zero-order chi connectivity index (χ0) is 9.80. The van der Waals surface area contributed by atoms with Crippen molar-refractivity contribution in [2.45, 2.75) is 12.6 Å². The predicted octanol–water partition coefficient (Wildman–Crippen LogP) is 1.01. The molecule has 2 aromatic rings. The first-order chi connectivity index (χ1) is 6.86. The molecule has 1 unspecified atom stereocenters. The minimum absolute atomic E-state index is 0.507. The van der Waals surface area contributed by atoms with Crippen LogP contribution >= 0.6 is 0 Å². The van der Waals surface area contributed by atoms with E-state index in [1.165, 1.54) is 0 Å². The maximum Gasteiger partial charge on any atom is 0.0970 e. The maximum absolute atomic E-state index is 9.82. The Morgan fingerprint density at radius 1 is 1.21 bits per heavy atom. The van der Waals surface area contributed by atoms with Crippen LogP contribution in [0, 0.1) is 0 Å². The van der Waals surface area contributed by atoms with Crippen molar-refractivity contribution in [1.29, 1.82) is 0 Å². The van der Waals surface area contributed by atoms with Crippen LogP contribution < -0.4 is 0 Å². The highest BCUT2D eigenvalue weighted by Crippen LogP contribution is 2.12. The first-order valence-corrected chi connectivity index (χ1v) is 4.40. The van der Waals surface area contributed by atoms with Crippen LogP contribution in [0.3, 0.4) is 0 Å². The molecule has 0 aliphatic rings. The highest BCUT2D eigenvalue weighted by Gasteiger charge is 2.06. The van der Waals surface area contributed by atoms with Gasteiger partial charge in [0, 0.05) is 24.8 Å². The summed E-state index contributed by atoms with van der Waals surface area (Å²) in [6.07, 6.45) is 8.04. The zero-order valence-electron chi connectivity index (χ0n) is 7.61. The highest BCUT2D eigenvalue weighted by molar-refractivity contribution is 5.12. The van der Waals surface area contributed by atoms with Crippen molar-refractivity contribution in [3.05, 3.63) is 48.8 Å². The van der Waals surface area contributed by atoms with Gasteiger partial charge in [-0.25, -0.2) is 4.98 Å². The van der Waals surface area contributed by atoms with Gasteiger partial charge in [0.2, 0.25) is 0 Å². The molecule has 2 aromatic heterocycles. The summed E-state index contributed by atoms with van der Waals surface area (Å²) < 4.78 is 1.84.